The van der Waals surface area contributed by atoms with Gasteiger partial charge in [0.2, 0.25) is 0 Å². The number of nitrogens with zero attached hydrogens (tertiary/aromatic N) is 1. The molecular weight excluding hydrogens is 312 g/mol. The Morgan fingerprint density at radius 2 is 1.85 bits per heavy atom. The second kappa shape index (κ2) is 8.81. The summed E-state index contributed by atoms with van der Waals surface area (Å²) < 4.78 is 1.17. The molecule has 0 aliphatic rings. The molecule has 20 heavy (non-hydrogen) atoms. The third-order valence-corrected chi connectivity index (χ3v) is 5.15. The molecule has 0 fully saturated rings. The van der Waals surface area contributed by atoms with E-state index in [1.165, 1.54) is 28.4 Å². The van der Waals surface area contributed by atoms with E-state index >= 15 is 0 Å². The molecule has 1 atom stereocenters. The third-order valence-electron chi connectivity index (χ3n) is 4.30. The minimum absolute atomic E-state index is 0.317. The van der Waals surface area contributed by atoms with Gasteiger partial charge in [-0.25, -0.2) is 0 Å². The van der Waals surface area contributed by atoms with E-state index in [0.717, 1.165) is 19.0 Å². The van der Waals surface area contributed by atoms with Gasteiger partial charge in [0.1, 0.15) is 0 Å². The van der Waals surface area contributed by atoms with Crippen LogP contribution in [0.2, 0.25) is 0 Å². The van der Waals surface area contributed by atoms with Crippen LogP contribution in [0.15, 0.2) is 22.7 Å². The van der Waals surface area contributed by atoms with Crippen molar-refractivity contribution < 1.29 is 0 Å². The van der Waals surface area contributed by atoms with Crippen LogP contribution < -0.4 is 5.73 Å². The van der Waals surface area contributed by atoms with Gasteiger partial charge in [-0.2, -0.15) is 0 Å². The Balaban J connectivity index is 2.93. The maximum atomic E-state index is 6.07. The zero-order valence-electron chi connectivity index (χ0n) is 13.3. The van der Waals surface area contributed by atoms with E-state index in [4.69, 9.17) is 5.73 Å². The standard InChI is InChI=1S/C17H29BrN2/c1-5-14(6-2)12-20(7-3)17(11-19)15-9-8-13(4)16(18)10-15/h8-10,14,17H,5-7,11-12,19H2,1-4H3. The summed E-state index contributed by atoms with van der Waals surface area (Å²) in [7, 11) is 0. The number of aryl methyl sites for hydroxylation is 1. The summed E-state index contributed by atoms with van der Waals surface area (Å²) in [5.74, 6) is 0.762. The predicted molar refractivity (Wildman–Crippen MR) is 92.0 cm³/mol. The Labute approximate surface area is 132 Å². The Hall–Kier alpha value is -0.380. The molecule has 2 nitrogen and oxygen atoms in total. The Morgan fingerprint density at radius 3 is 2.30 bits per heavy atom. The van der Waals surface area contributed by atoms with Gasteiger partial charge in [0.05, 0.1) is 0 Å². The van der Waals surface area contributed by atoms with Gasteiger partial charge >= 0.3 is 0 Å². The minimum atomic E-state index is 0.317. The van der Waals surface area contributed by atoms with E-state index in [0.29, 0.717) is 12.6 Å². The SMILES string of the molecule is CCC(CC)CN(CC)C(CN)c1ccc(C)c(Br)c1. The van der Waals surface area contributed by atoms with Gasteiger partial charge in [0, 0.05) is 23.6 Å². The van der Waals surface area contributed by atoms with Gasteiger partial charge in [0.15, 0.2) is 0 Å². The first-order chi connectivity index (χ1) is 9.57. The van der Waals surface area contributed by atoms with Crippen molar-refractivity contribution in [2.75, 3.05) is 19.6 Å². The molecular formula is C17H29BrN2. The molecule has 0 heterocycles. The number of rotatable bonds is 8. The van der Waals surface area contributed by atoms with Crippen molar-refractivity contribution in [2.24, 2.45) is 11.7 Å². The zero-order chi connectivity index (χ0) is 15.1. The number of hydrogen-bond donors (Lipinski definition) is 1. The monoisotopic (exact) mass is 340 g/mol. The van der Waals surface area contributed by atoms with E-state index in [2.05, 4.69) is 66.7 Å². The Morgan fingerprint density at radius 1 is 1.20 bits per heavy atom. The Bertz CT molecular complexity index is 402. The van der Waals surface area contributed by atoms with Crippen LogP contribution in [0.4, 0.5) is 0 Å². The lowest BCUT2D eigenvalue weighted by atomic mass is 9.99. The van der Waals surface area contributed by atoms with Crippen molar-refractivity contribution in [1.29, 1.82) is 0 Å². The summed E-state index contributed by atoms with van der Waals surface area (Å²) in [5.41, 5.74) is 8.66. The molecule has 114 valence electrons. The number of nitrogens with two attached hydrogens (primary N) is 1. The molecule has 1 aromatic carbocycles. The fraction of sp³-hybridized carbons (Fsp3) is 0.647. The van der Waals surface area contributed by atoms with E-state index in [9.17, 15) is 0 Å². The second-order valence-electron chi connectivity index (χ2n) is 5.53. The molecule has 2 N–H and O–H groups in total. The van der Waals surface area contributed by atoms with Crippen LogP contribution in [0.1, 0.15) is 50.8 Å². The summed E-state index contributed by atoms with van der Waals surface area (Å²) in [6, 6.07) is 6.93. The highest BCUT2D eigenvalue weighted by atomic mass is 79.9. The summed E-state index contributed by atoms with van der Waals surface area (Å²) in [6.07, 6.45) is 2.48. The second-order valence-corrected chi connectivity index (χ2v) is 6.38. The highest BCUT2D eigenvalue weighted by Gasteiger charge is 2.20. The molecule has 0 aliphatic carbocycles. The van der Waals surface area contributed by atoms with Crippen molar-refractivity contribution in [2.45, 2.75) is 46.6 Å². The maximum Gasteiger partial charge on any atom is 0.0470 e. The first-order valence-corrected chi connectivity index (χ1v) is 8.56. The largest absolute Gasteiger partial charge is 0.329 e. The average molecular weight is 341 g/mol. The molecule has 1 unspecified atom stereocenters. The van der Waals surface area contributed by atoms with Crippen molar-refractivity contribution in [3.8, 4) is 0 Å². The van der Waals surface area contributed by atoms with Crippen molar-refractivity contribution in [1.82, 2.24) is 4.90 Å². The number of benzene rings is 1. The summed E-state index contributed by atoms with van der Waals surface area (Å²) in [4.78, 5) is 2.52. The normalized spacial score (nSPS) is 13.2. The molecule has 0 saturated heterocycles. The summed E-state index contributed by atoms with van der Waals surface area (Å²) in [5, 5.41) is 0. The van der Waals surface area contributed by atoms with Gasteiger partial charge in [-0.3, -0.25) is 4.90 Å². The zero-order valence-corrected chi connectivity index (χ0v) is 14.9. The van der Waals surface area contributed by atoms with Gasteiger partial charge in [-0.15, -0.1) is 0 Å². The minimum Gasteiger partial charge on any atom is -0.329 e. The average Bonchev–Trinajstić information content (AvgIpc) is 2.46. The van der Waals surface area contributed by atoms with Crippen LogP contribution in [0, 0.1) is 12.8 Å². The van der Waals surface area contributed by atoms with Crippen molar-refractivity contribution >= 4 is 15.9 Å². The highest BCUT2D eigenvalue weighted by molar-refractivity contribution is 9.10. The highest BCUT2D eigenvalue weighted by Crippen LogP contribution is 2.26. The molecule has 0 spiro atoms. The first kappa shape index (κ1) is 17.7. The predicted octanol–water partition coefficient (Wildman–Crippen LogP) is 4.52. The molecule has 0 bridgehead atoms. The van der Waals surface area contributed by atoms with Gasteiger partial charge in [-0.05, 0) is 36.6 Å². The first-order valence-electron chi connectivity index (χ1n) is 7.77. The van der Waals surface area contributed by atoms with E-state index in [-0.39, 0.29) is 0 Å². The third kappa shape index (κ3) is 4.57. The van der Waals surface area contributed by atoms with Crippen molar-refractivity contribution in [3.05, 3.63) is 33.8 Å². The lowest BCUT2D eigenvalue weighted by molar-refractivity contribution is 0.174. The summed E-state index contributed by atoms with van der Waals surface area (Å²) in [6.45, 7) is 11.8. The van der Waals surface area contributed by atoms with Crippen LogP contribution in [0.25, 0.3) is 0 Å². The molecule has 0 radical (unpaired) electrons. The molecule has 0 aromatic heterocycles. The topological polar surface area (TPSA) is 29.3 Å². The lowest BCUT2D eigenvalue weighted by Gasteiger charge is -2.33. The van der Waals surface area contributed by atoms with Crippen LogP contribution >= 0.6 is 15.9 Å². The van der Waals surface area contributed by atoms with Crippen LogP contribution in [-0.4, -0.2) is 24.5 Å². The molecule has 0 amide bonds. The lowest BCUT2D eigenvalue weighted by Crippen LogP contribution is -2.37. The van der Waals surface area contributed by atoms with E-state index < -0.39 is 0 Å². The fourth-order valence-electron chi connectivity index (χ4n) is 2.67. The molecule has 1 rings (SSSR count). The maximum absolute atomic E-state index is 6.07. The van der Waals surface area contributed by atoms with Gasteiger partial charge < -0.3 is 5.73 Å². The summed E-state index contributed by atoms with van der Waals surface area (Å²) >= 11 is 3.63. The smallest absolute Gasteiger partial charge is 0.0470 e. The number of halogens is 1. The molecule has 1 aromatic rings. The van der Waals surface area contributed by atoms with Crippen LogP contribution in [0.5, 0.6) is 0 Å². The van der Waals surface area contributed by atoms with Gasteiger partial charge in [-0.1, -0.05) is 61.7 Å². The van der Waals surface area contributed by atoms with Crippen LogP contribution in [-0.2, 0) is 0 Å². The van der Waals surface area contributed by atoms with Gasteiger partial charge in [0.25, 0.3) is 0 Å². The quantitative estimate of drug-likeness (QED) is 0.753. The molecule has 0 aliphatic heterocycles. The fourth-order valence-corrected chi connectivity index (χ4v) is 3.06. The van der Waals surface area contributed by atoms with E-state index in [1.54, 1.807) is 0 Å². The number of likely N-dealkylation sites (N-methyl/N-ethyl adjacent to an activating group) is 1. The number of hydrogen-bond acceptors (Lipinski definition) is 2. The molecule has 0 saturated carbocycles. The van der Waals surface area contributed by atoms with E-state index in [1.807, 2.05) is 0 Å². The van der Waals surface area contributed by atoms with Crippen LogP contribution in [0.3, 0.4) is 0 Å². The molecule has 3 heteroatoms. The van der Waals surface area contributed by atoms with Crippen molar-refractivity contribution in [3.63, 3.8) is 0 Å². The Kier molecular flexibility index (Phi) is 7.78.